The summed E-state index contributed by atoms with van der Waals surface area (Å²) >= 11 is 1.46. The van der Waals surface area contributed by atoms with Gasteiger partial charge in [0.15, 0.2) is 5.13 Å². The van der Waals surface area contributed by atoms with Gasteiger partial charge in [-0.1, -0.05) is 17.4 Å². The standard InChI is InChI=1S/C24H24N4O3S/c1-14-3-5-20-21(9-14)32-24(26-20)27-23(30)16-10-22(29)28(13-16)8-7-15-12-25-19-6-4-17(31-2)11-18(15)19/h3-6,9,11-12,16,25H,7-8,10,13H2,1-2H3,(H,26,27,30)/t16-/m0/s1. The van der Waals surface area contributed by atoms with Crippen LogP contribution >= 0.6 is 11.3 Å². The molecule has 1 aliphatic heterocycles. The molecule has 164 valence electrons. The summed E-state index contributed by atoms with van der Waals surface area (Å²) < 4.78 is 6.37. The molecule has 1 aliphatic rings. The van der Waals surface area contributed by atoms with Gasteiger partial charge in [0.2, 0.25) is 11.8 Å². The lowest BCUT2D eigenvalue weighted by Gasteiger charge is -2.16. The third-order valence-corrected chi connectivity index (χ3v) is 6.92. The second-order valence-corrected chi connectivity index (χ2v) is 9.23. The van der Waals surface area contributed by atoms with Crippen molar-refractivity contribution in [3.05, 3.63) is 53.7 Å². The number of hydrogen-bond acceptors (Lipinski definition) is 5. The largest absolute Gasteiger partial charge is 0.497 e. The van der Waals surface area contributed by atoms with Crippen molar-refractivity contribution in [2.24, 2.45) is 5.92 Å². The molecule has 5 rings (SSSR count). The average Bonchev–Trinajstić information content (AvgIpc) is 3.47. The minimum Gasteiger partial charge on any atom is -0.497 e. The summed E-state index contributed by atoms with van der Waals surface area (Å²) in [5.74, 6) is 0.313. The van der Waals surface area contributed by atoms with E-state index in [0.717, 1.165) is 38.0 Å². The van der Waals surface area contributed by atoms with Crippen LogP contribution in [0.3, 0.4) is 0 Å². The van der Waals surface area contributed by atoms with Crippen LogP contribution in [0.1, 0.15) is 17.5 Å². The number of rotatable bonds is 6. The number of fused-ring (bicyclic) bond motifs is 2. The predicted octanol–water partition coefficient (Wildman–Crippen LogP) is 4.12. The maximum absolute atomic E-state index is 12.8. The molecule has 0 radical (unpaired) electrons. The third-order valence-electron chi connectivity index (χ3n) is 5.99. The Labute approximate surface area is 189 Å². The number of methoxy groups -OCH3 is 1. The number of aromatic amines is 1. The summed E-state index contributed by atoms with van der Waals surface area (Å²) in [4.78, 5) is 34.9. The summed E-state index contributed by atoms with van der Waals surface area (Å²) in [7, 11) is 1.65. The summed E-state index contributed by atoms with van der Waals surface area (Å²) in [5, 5.41) is 4.58. The number of aryl methyl sites for hydroxylation is 1. The Balaban J connectivity index is 1.22. The summed E-state index contributed by atoms with van der Waals surface area (Å²) in [6.45, 7) is 3.04. The Morgan fingerprint density at radius 3 is 3.03 bits per heavy atom. The zero-order valence-corrected chi connectivity index (χ0v) is 18.8. The first-order valence-corrected chi connectivity index (χ1v) is 11.4. The van der Waals surface area contributed by atoms with E-state index in [-0.39, 0.29) is 24.2 Å². The molecule has 0 unspecified atom stereocenters. The molecule has 2 aromatic carbocycles. The van der Waals surface area contributed by atoms with Gasteiger partial charge in [0.25, 0.3) is 0 Å². The SMILES string of the molecule is COc1ccc2[nH]cc(CCN3C[C@@H](C(=O)Nc4nc5ccc(C)cc5s4)CC3=O)c2c1. The van der Waals surface area contributed by atoms with Crippen LogP contribution in [0.2, 0.25) is 0 Å². The highest BCUT2D eigenvalue weighted by Crippen LogP contribution is 2.29. The van der Waals surface area contributed by atoms with Crippen LogP contribution in [0.15, 0.2) is 42.6 Å². The fourth-order valence-corrected chi connectivity index (χ4v) is 5.17. The molecule has 1 saturated heterocycles. The number of carbonyl (C=O) groups excluding carboxylic acids is 2. The summed E-state index contributed by atoms with van der Waals surface area (Å²) in [6, 6.07) is 11.9. The van der Waals surface area contributed by atoms with Crippen molar-refractivity contribution in [2.45, 2.75) is 19.8 Å². The molecular weight excluding hydrogens is 424 g/mol. The highest BCUT2D eigenvalue weighted by Gasteiger charge is 2.34. The molecule has 1 atom stereocenters. The number of benzene rings is 2. The lowest BCUT2D eigenvalue weighted by atomic mass is 10.1. The number of likely N-dealkylation sites (tertiary alicyclic amines) is 1. The molecule has 7 nitrogen and oxygen atoms in total. The Hall–Kier alpha value is -3.39. The second-order valence-electron chi connectivity index (χ2n) is 8.20. The maximum atomic E-state index is 12.8. The van der Waals surface area contributed by atoms with Gasteiger partial charge in [-0.15, -0.1) is 0 Å². The number of anilines is 1. The van der Waals surface area contributed by atoms with Crippen LogP contribution in [-0.4, -0.2) is 46.9 Å². The molecular formula is C24H24N4O3S. The number of carbonyl (C=O) groups is 2. The summed E-state index contributed by atoms with van der Waals surface area (Å²) in [5.41, 5.74) is 4.20. The van der Waals surface area contributed by atoms with Gasteiger partial charge in [-0.3, -0.25) is 9.59 Å². The Bertz CT molecular complexity index is 1330. The van der Waals surface area contributed by atoms with Crippen molar-refractivity contribution in [1.29, 1.82) is 0 Å². The van der Waals surface area contributed by atoms with Gasteiger partial charge in [0.1, 0.15) is 5.75 Å². The topological polar surface area (TPSA) is 87.3 Å². The van der Waals surface area contributed by atoms with Crippen molar-refractivity contribution in [3.63, 3.8) is 0 Å². The first-order valence-electron chi connectivity index (χ1n) is 10.6. The van der Waals surface area contributed by atoms with Crippen molar-refractivity contribution < 1.29 is 14.3 Å². The van der Waals surface area contributed by atoms with E-state index in [9.17, 15) is 9.59 Å². The van der Waals surface area contributed by atoms with Crippen LogP contribution in [-0.2, 0) is 16.0 Å². The molecule has 0 spiro atoms. The smallest absolute Gasteiger partial charge is 0.231 e. The minimum absolute atomic E-state index is 0.0162. The second kappa shape index (κ2) is 8.27. The van der Waals surface area contributed by atoms with Gasteiger partial charge in [0, 0.05) is 36.6 Å². The first-order chi connectivity index (χ1) is 15.5. The lowest BCUT2D eigenvalue weighted by molar-refractivity contribution is -0.128. The number of nitrogens with zero attached hydrogens (tertiary/aromatic N) is 2. The molecule has 3 heterocycles. The molecule has 2 aromatic heterocycles. The Morgan fingerprint density at radius 2 is 2.19 bits per heavy atom. The first kappa shape index (κ1) is 20.5. The molecule has 2 N–H and O–H groups in total. The highest BCUT2D eigenvalue weighted by atomic mass is 32.1. The van der Waals surface area contributed by atoms with Gasteiger partial charge < -0.3 is 19.9 Å². The van der Waals surface area contributed by atoms with E-state index in [2.05, 4.69) is 21.4 Å². The molecule has 0 aliphatic carbocycles. The highest BCUT2D eigenvalue weighted by molar-refractivity contribution is 7.22. The van der Waals surface area contributed by atoms with E-state index < -0.39 is 0 Å². The molecule has 2 amide bonds. The fourth-order valence-electron chi connectivity index (χ4n) is 4.20. The van der Waals surface area contributed by atoms with Crippen LogP contribution in [0.4, 0.5) is 5.13 Å². The quantitative estimate of drug-likeness (QED) is 0.464. The third kappa shape index (κ3) is 3.93. The van der Waals surface area contributed by atoms with Crippen molar-refractivity contribution >= 4 is 49.4 Å². The van der Waals surface area contributed by atoms with E-state index >= 15 is 0 Å². The molecule has 4 aromatic rings. The van der Waals surface area contributed by atoms with Gasteiger partial charge in [-0.25, -0.2) is 4.98 Å². The van der Waals surface area contributed by atoms with E-state index in [4.69, 9.17) is 4.74 Å². The number of ether oxygens (including phenoxy) is 1. The van der Waals surface area contributed by atoms with Gasteiger partial charge in [-0.2, -0.15) is 0 Å². The zero-order chi connectivity index (χ0) is 22.2. The van der Waals surface area contributed by atoms with Gasteiger partial charge >= 0.3 is 0 Å². The van der Waals surface area contributed by atoms with Gasteiger partial charge in [0.05, 0.1) is 23.2 Å². The van der Waals surface area contributed by atoms with Crippen molar-refractivity contribution in [2.75, 3.05) is 25.5 Å². The molecule has 8 heteroatoms. The molecule has 0 bridgehead atoms. The minimum atomic E-state index is -0.362. The number of aromatic nitrogens is 2. The van der Waals surface area contributed by atoms with Crippen LogP contribution < -0.4 is 10.1 Å². The number of thiazole rings is 1. The molecule has 0 saturated carbocycles. The Kier molecular flexibility index (Phi) is 5.30. The van der Waals surface area contributed by atoms with Crippen LogP contribution in [0.25, 0.3) is 21.1 Å². The fraction of sp³-hybridized carbons (Fsp3) is 0.292. The van der Waals surface area contributed by atoms with Crippen molar-refractivity contribution in [3.8, 4) is 5.75 Å². The van der Waals surface area contributed by atoms with Crippen LogP contribution in [0, 0.1) is 12.8 Å². The Morgan fingerprint density at radius 1 is 1.31 bits per heavy atom. The molecule has 32 heavy (non-hydrogen) atoms. The number of hydrogen-bond donors (Lipinski definition) is 2. The monoisotopic (exact) mass is 448 g/mol. The predicted molar refractivity (Wildman–Crippen MR) is 126 cm³/mol. The van der Waals surface area contributed by atoms with E-state index in [0.29, 0.717) is 24.6 Å². The normalized spacial score (nSPS) is 16.2. The summed E-state index contributed by atoms with van der Waals surface area (Å²) in [6.07, 6.45) is 2.92. The van der Waals surface area contributed by atoms with Crippen LogP contribution in [0.5, 0.6) is 5.75 Å². The lowest BCUT2D eigenvalue weighted by Crippen LogP contribution is -2.29. The van der Waals surface area contributed by atoms with Gasteiger partial charge in [-0.05, 0) is 54.8 Å². The van der Waals surface area contributed by atoms with E-state index in [1.54, 1.807) is 12.0 Å². The number of H-pyrrole nitrogens is 1. The maximum Gasteiger partial charge on any atom is 0.231 e. The number of nitrogens with one attached hydrogen (secondary N) is 2. The van der Waals surface area contributed by atoms with E-state index in [1.165, 1.54) is 11.3 Å². The number of amides is 2. The zero-order valence-electron chi connectivity index (χ0n) is 18.0. The average molecular weight is 449 g/mol. The van der Waals surface area contributed by atoms with E-state index in [1.807, 2.05) is 43.5 Å². The molecule has 1 fully saturated rings. The van der Waals surface area contributed by atoms with Crippen molar-refractivity contribution in [1.82, 2.24) is 14.9 Å².